The van der Waals surface area contributed by atoms with Gasteiger partial charge in [-0.05, 0) is 26.0 Å². The number of aryl methyl sites for hydroxylation is 2. The highest BCUT2D eigenvalue weighted by molar-refractivity contribution is 8.00. The quantitative estimate of drug-likeness (QED) is 0.617. The summed E-state index contributed by atoms with van der Waals surface area (Å²) in [6.07, 6.45) is 0. The third-order valence-corrected chi connectivity index (χ3v) is 5.94. The van der Waals surface area contributed by atoms with Crippen molar-refractivity contribution in [2.24, 2.45) is 0 Å². The lowest BCUT2D eigenvalue weighted by Crippen LogP contribution is -2.09. The number of sulfone groups is 1. The third kappa shape index (κ3) is 3.84. The Bertz CT molecular complexity index is 813. The van der Waals surface area contributed by atoms with E-state index in [-0.39, 0.29) is 5.75 Å². The van der Waals surface area contributed by atoms with Crippen LogP contribution in [0.15, 0.2) is 40.3 Å². The number of aromatic nitrogens is 2. The van der Waals surface area contributed by atoms with Crippen LogP contribution in [-0.2, 0) is 9.84 Å². The summed E-state index contributed by atoms with van der Waals surface area (Å²) < 4.78 is 24.4. The van der Waals surface area contributed by atoms with E-state index in [0.29, 0.717) is 32.8 Å². The summed E-state index contributed by atoms with van der Waals surface area (Å²) in [5, 5.41) is 9.70. The molecule has 7 heteroatoms. The molecule has 5 nitrogen and oxygen atoms in total. The Morgan fingerprint density at radius 2 is 1.86 bits per heavy atom. The Morgan fingerprint density at radius 1 is 1.18 bits per heavy atom. The maximum absolute atomic E-state index is 12.2. The molecule has 0 amide bonds. The van der Waals surface area contributed by atoms with Crippen LogP contribution in [0.5, 0.6) is 0 Å². The number of benzene rings is 1. The number of nitrogens with zero attached hydrogens (tertiary/aromatic N) is 3. The van der Waals surface area contributed by atoms with Gasteiger partial charge < -0.3 is 0 Å². The van der Waals surface area contributed by atoms with E-state index in [9.17, 15) is 8.42 Å². The van der Waals surface area contributed by atoms with E-state index in [1.807, 2.05) is 0 Å². The molecular weight excluding hydrogens is 318 g/mol. The molecule has 0 saturated carbocycles. The normalized spacial score (nSPS) is 11.1. The lowest BCUT2D eigenvalue weighted by atomic mass is 10.3. The zero-order chi connectivity index (χ0) is 16.2. The molecule has 2 aromatic rings. The Labute approximate surface area is 134 Å². The van der Waals surface area contributed by atoms with Crippen LogP contribution in [0.1, 0.15) is 17.1 Å². The number of hydrogen-bond donors (Lipinski definition) is 0. The summed E-state index contributed by atoms with van der Waals surface area (Å²) in [7, 11) is -3.32. The lowest BCUT2D eigenvalue weighted by molar-refractivity contribution is 0.597. The monoisotopic (exact) mass is 333 g/mol. The van der Waals surface area contributed by atoms with Crippen molar-refractivity contribution in [3.05, 3.63) is 47.4 Å². The molecule has 0 aliphatic rings. The first-order valence-electron chi connectivity index (χ1n) is 6.60. The molecular formula is C15H15N3O2S2. The van der Waals surface area contributed by atoms with Gasteiger partial charge >= 0.3 is 0 Å². The van der Waals surface area contributed by atoms with Gasteiger partial charge in [0.1, 0.15) is 22.5 Å². The fraction of sp³-hybridized carbons (Fsp3) is 0.267. The van der Waals surface area contributed by atoms with Gasteiger partial charge in [0.15, 0.2) is 9.84 Å². The van der Waals surface area contributed by atoms with Gasteiger partial charge in [-0.2, -0.15) is 5.26 Å². The fourth-order valence-corrected chi connectivity index (χ4v) is 4.65. The second-order valence-electron chi connectivity index (χ2n) is 4.63. The minimum absolute atomic E-state index is 0.00531. The standard InChI is InChI=1S/C15H15N3O2S2/c1-11-14(10-16)15(18-12(2)17-11)21-8-9-22(19,20)13-6-4-3-5-7-13/h3-7H,8-9H2,1-2H3. The number of hydrogen-bond acceptors (Lipinski definition) is 6. The topological polar surface area (TPSA) is 83.7 Å². The van der Waals surface area contributed by atoms with Crippen molar-refractivity contribution in [2.75, 3.05) is 11.5 Å². The van der Waals surface area contributed by atoms with Gasteiger partial charge in [0, 0.05) is 5.75 Å². The maximum atomic E-state index is 12.2. The highest BCUT2D eigenvalue weighted by Gasteiger charge is 2.16. The van der Waals surface area contributed by atoms with Crippen molar-refractivity contribution in [1.82, 2.24) is 9.97 Å². The van der Waals surface area contributed by atoms with Crippen molar-refractivity contribution in [3.8, 4) is 6.07 Å². The van der Waals surface area contributed by atoms with Gasteiger partial charge in [-0.1, -0.05) is 18.2 Å². The van der Waals surface area contributed by atoms with E-state index < -0.39 is 9.84 Å². The summed E-state index contributed by atoms with van der Waals surface area (Å²) in [6, 6.07) is 10.4. The molecule has 0 N–H and O–H groups in total. The Kier molecular flexibility index (Phi) is 5.16. The molecule has 0 saturated heterocycles. The minimum atomic E-state index is -3.32. The van der Waals surface area contributed by atoms with Gasteiger partial charge in [0.05, 0.1) is 16.3 Å². The summed E-state index contributed by atoms with van der Waals surface area (Å²) in [4.78, 5) is 8.69. The molecule has 114 valence electrons. The average molecular weight is 333 g/mol. The SMILES string of the molecule is Cc1nc(C)c(C#N)c(SCCS(=O)(=O)c2ccccc2)n1. The molecule has 0 atom stereocenters. The van der Waals surface area contributed by atoms with E-state index in [1.54, 1.807) is 44.2 Å². The molecule has 2 rings (SSSR count). The van der Waals surface area contributed by atoms with Gasteiger partial charge in [0.2, 0.25) is 0 Å². The smallest absolute Gasteiger partial charge is 0.179 e. The second-order valence-corrected chi connectivity index (χ2v) is 7.82. The van der Waals surface area contributed by atoms with Crippen LogP contribution >= 0.6 is 11.8 Å². The lowest BCUT2D eigenvalue weighted by Gasteiger charge is -2.07. The van der Waals surface area contributed by atoms with Gasteiger partial charge in [-0.25, -0.2) is 18.4 Å². The summed E-state index contributed by atoms with van der Waals surface area (Å²) >= 11 is 1.27. The second kappa shape index (κ2) is 6.90. The molecule has 0 bridgehead atoms. The van der Waals surface area contributed by atoms with Gasteiger partial charge in [-0.3, -0.25) is 0 Å². The molecule has 0 unspecified atom stereocenters. The van der Waals surface area contributed by atoms with Crippen molar-refractivity contribution in [1.29, 1.82) is 5.26 Å². The van der Waals surface area contributed by atoms with Crippen LogP contribution in [0, 0.1) is 25.2 Å². The zero-order valence-corrected chi connectivity index (χ0v) is 13.9. The van der Waals surface area contributed by atoms with E-state index in [2.05, 4.69) is 16.0 Å². The molecule has 1 heterocycles. The molecule has 0 radical (unpaired) electrons. The van der Waals surface area contributed by atoms with Crippen LogP contribution < -0.4 is 0 Å². The van der Waals surface area contributed by atoms with Crippen LogP contribution in [0.25, 0.3) is 0 Å². The zero-order valence-electron chi connectivity index (χ0n) is 12.3. The van der Waals surface area contributed by atoms with E-state index >= 15 is 0 Å². The van der Waals surface area contributed by atoms with Crippen molar-refractivity contribution in [3.63, 3.8) is 0 Å². The fourth-order valence-electron chi connectivity index (χ4n) is 1.91. The maximum Gasteiger partial charge on any atom is 0.179 e. The molecule has 1 aromatic heterocycles. The molecule has 1 aromatic carbocycles. The van der Waals surface area contributed by atoms with Crippen LogP contribution in [-0.4, -0.2) is 29.9 Å². The Morgan fingerprint density at radius 3 is 2.50 bits per heavy atom. The number of thioether (sulfide) groups is 1. The third-order valence-electron chi connectivity index (χ3n) is 2.97. The highest BCUT2D eigenvalue weighted by Crippen LogP contribution is 2.23. The first kappa shape index (κ1) is 16.5. The van der Waals surface area contributed by atoms with Crippen molar-refractivity contribution in [2.45, 2.75) is 23.8 Å². The Balaban J connectivity index is 2.11. The first-order chi connectivity index (χ1) is 10.4. The minimum Gasteiger partial charge on any atom is -0.237 e. The molecule has 0 spiro atoms. The van der Waals surface area contributed by atoms with E-state index in [4.69, 9.17) is 5.26 Å². The van der Waals surface area contributed by atoms with E-state index in [0.717, 1.165) is 0 Å². The van der Waals surface area contributed by atoms with Gasteiger partial charge in [-0.15, -0.1) is 11.8 Å². The van der Waals surface area contributed by atoms with Crippen LogP contribution in [0.3, 0.4) is 0 Å². The summed E-state index contributed by atoms with van der Waals surface area (Å²) in [5.41, 5.74) is 1.02. The van der Waals surface area contributed by atoms with Crippen LogP contribution in [0.2, 0.25) is 0 Å². The van der Waals surface area contributed by atoms with E-state index in [1.165, 1.54) is 11.8 Å². The highest BCUT2D eigenvalue weighted by atomic mass is 32.2. The summed E-state index contributed by atoms with van der Waals surface area (Å²) in [5.74, 6) is 0.904. The van der Waals surface area contributed by atoms with Crippen molar-refractivity contribution >= 4 is 21.6 Å². The Hall–Kier alpha value is -1.91. The van der Waals surface area contributed by atoms with Crippen molar-refractivity contribution < 1.29 is 8.42 Å². The molecule has 0 aliphatic heterocycles. The predicted octanol–water partition coefficient (Wildman–Crippen LogP) is 2.53. The van der Waals surface area contributed by atoms with Crippen LogP contribution in [0.4, 0.5) is 0 Å². The molecule has 0 aliphatic carbocycles. The average Bonchev–Trinajstić information content (AvgIpc) is 2.47. The molecule has 22 heavy (non-hydrogen) atoms. The molecule has 0 fully saturated rings. The largest absolute Gasteiger partial charge is 0.237 e. The number of rotatable bonds is 5. The summed E-state index contributed by atoms with van der Waals surface area (Å²) in [6.45, 7) is 3.50. The van der Waals surface area contributed by atoms with Gasteiger partial charge in [0.25, 0.3) is 0 Å². The predicted molar refractivity (Wildman–Crippen MR) is 85.4 cm³/mol. The first-order valence-corrected chi connectivity index (χ1v) is 9.24. The number of nitriles is 1.